The van der Waals surface area contributed by atoms with Crippen molar-refractivity contribution >= 4 is 23.0 Å². The summed E-state index contributed by atoms with van der Waals surface area (Å²) in [6.07, 6.45) is 4.83. The Morgan fingerprint density at radius 1 is 1.45 bits per heavy atom. The van der Waals surface area contributed by atoms with E-state index in [4.69, 9.17) is 5.41 Å². The molecule has 0 fully saturated rings. The van der Waals surface area contributed by atoms with E-state index in [9.17, 15) is 4.79 Å². The SMILES string of the molecule is CC(=O)N[C@H]([C-]=N)Cc1c[nH]c2ccccc12.[CH2-]C.[U+2]. The van der Waals surface area contributed by atoms with Crippen molar-refractivity contribution in [2.45, 2.75) is 26.3 Å². The Bertz CT molecular complexity index is 551. The number of carbonyl (C=O) groups is 1. The minimum absolute atomic E-state index is 0. The summed E-state index contributed by atoms with van der Waals surface area (Å²) in [7, 11) is 0. The molecule has 104 valence electrons. The van der Waals surface area contributed by atoms with Gasteiger partial charge in [0, 0.05) is 24.0 Å². The first-order valence-electron chi connectivity index (χ1n) is 6.16. The Labute approximate surface area is 143 Å². The quantitative estimate of drug-likeness (QED) is 0.443. The molecule has 3 N–H and O–H groups in total. The number of hydrogen-bond acceptors (Lipinski definition) is 2. The van der Waals surface area contributed by atoms with Gasteiger partial charge < -0.3 is 28.8 Å². The van der Waals surface area contributed by atoms with E-state index in [0.29, 0.717) is 6.42 Å². The summed E-state index contributed by atoms with van der Waals surface area (Å²) in [6.45, 7) is 6.44. The predicted molar refractivity (Wildman–Crippen MR) is 78.4 cm³/mol. The van der Waals surface area contributed by atoms with Gasteiger partial charge in [0.25, 0.3) is 0 Å². The van der Waals surface area contributed by atoms with E-state index in [1.54, 1.807) is 6.92 Å². The van der Waals surface area contributed by atoms with Gasteiger partial charge in [0.05, 0.1) is 0 Å². The first-order valence-corrected chi connectivity index (χ1v) is 6.16. The molecule has 0 bridgehead atoms. The number of hydrogen-bond donors (Lipinski definition) is 3. The number of aromatic nitrogens is 1. The van der Waals surface area contributed by atoms with Gasteiger partial charge in [0.2, 0.25) is 5.91 Å². The number of carbonyl (C=O) groups excluding carboxylic acids is 1. The van der Waals surface area contributed by atoms with Crippen LogP contribution in [0.25, 0.3) is 10.9 Å². The topological polar surface area (TPSA) is 68.7 Å². The summed E-state index contributed by atoms with van der Waals surface area (Å²) >= 11 is 0. The van der Waals surface area contributed by atoms with Crippen molar-refractivity contribution in [3.8, 4) is 0 Å². The zero-order chi connectivity index (χ0) is 14.3. The summed E-state index contributed by atoms with van der Waals surface area (Å²) in [5.74, 6) is -0.144. The van der Waals surface area contributed by atoms with Crippen LogP contribution in [-0.2, 0) is 11.2 Å². The smallest absolute Gasteiger partial charge is 0.517 e. The fraction of sp³-hybridized carbons (Fsp3) is 0.267. The molecule has 0 aliphatic carbocycles. The van der Waals surface area contributed by atoms with E-state index >= 15 is 0 Å². The molecule has 1 aromatic heterocycles. The van der Waals surface area contributed by atoms with Crippen molar-refractivity contribution in [2.24, 2.45) is 0 Å². The zero-order valence-electron chi connectivity index (χ0n) is 11.8. The number of fused-ring (bicyclic) bond motifs is 1. The van der Waals surface area contributed by atoms with E-state index in [0.717, 1.165) is 16.5 Å². The van der Waals surface area contributed by atoms with Crippen molar-refractivity contribution in [1.82, 2.24) is 10.3 Å². The summed E-state index contributed by atoms with van der Waals surface area (Å²) in [5.41, 5.74) is 2.15. The molecule has 1 amide bonds. The molecule has 0 aliphatic heterocycles. The van der Waals surface area contributed by atoms with Crippen molar-refractivity contribution in [3.63, 3.8) is 0 Å². The maximum atomic E-state index is 11.0. The Morgan fingerprint density at radius 2 is 2.10 bits per heavy atom. The molecule has 0 saturated carbocycles. The van der Waals surface area contributed by atoms with Crippen LogP contribution in [0, 0.1) is 43.4 Å². The average molecular weight is 495 g/mol. The molecule has 4 nitrogen and oxygen atoms in total. The Morgan fingerprint density at radius 3 is 2.70 bits per heavy atom. The van der Waals surface area contributed by atoms with E-state index < -0.39 is 0 Å². The Balaban J connectivity index is 0.00000115. The molecule has 0 unspecified atom stereocenters. The van der Waals surface area contributed by atoms with Gasteiger partial charge in [-0.15, -0.1) is 0 Å². The second kappa shape index (κ2) is 9.79. The van der Waals surface area contributed by atoms with Crippen LogP contribution in [0.15, 0.2) is 30.5 Å². The van der Waals surface area contributed by atoms with Gasteiger partial charge in [-0.1, -0.05) is 24.2 Å². The average Bonchev–Trinajstić information content (AvgIpc) is 2.83. The van der Waals surface area contributed by atoms with Crippen molar-refractivity contribution in [1.29, 1.82) is 5.41 Å². The number of amides is 1. The second-order valence-corrected chi connectivity index (χ2v) is 3.96. The van der Waals surface area contributed by atoms with Crippen LogP contribution in [0.2, 0.25) is 0 Å². The van der Waals surface area contributed by atoms with Crippen LogP contribution in [0.4, 0.5) is 0 Å². The van der Waals surface area contributed by atoms with Crippen molar-refractivity contribution in [2.75, 3.05) is 0 Å². The summed E-state index contributed by atoms with van der Waals surface area (Å²) in [5, 5.41) is 11.0. The third kappa shape index (κ3) is 5.15. The summed E-state index contributed by atoms with van der Waals surface area (Å²) in [4.78, 5) is 14.1. The molecule has 0 spiro atoms. The first kappa shape index (κ1) is 19.0. The van der Waals surface area contributed by atoms with Crippen LogP contribution in [0.3, 0.4) is 0 Å². The van der Waals surface area contributed by atoms with Crippen LogP contribution in [0.1, 0.15) is 19.4 Å². The molecular formula is C15H19N3OU. The van der Waals surface area contributed by atoms with E-state index in [1.807, 2.05) is 30.5 Å². The molecule has 20 heavy (non-hydrogen) atoms. The molecule has 2 aromatic rings. The standard InChI is InChI=1S/C13H14N3O.C2H5.U/c1-9(17)16-11(7-14)6-10-8-15-13-5-3-2-4-12(10)13;1-2;/h2-5,8,11,14-15H,6H2,1H3,(H,16,17);1H2,2H3;/q2*-1;+2/t11-;;/m0../s1. The van der Waals surface area contributed by atoms with Crippen LogP contribution >= 0.6 is 0 Å². The van der Waals surface area contributed by atoms with Crippen molar-refractivity contribution in [3.05, 3.63) is 42.9 Å². The van der Waals surface area contributed by atoms with Gasteiger partial charge in [-0.3, -0.25) is 4.79 Å². The van der Waals surface area contributed by atoms with Gasteiger partial charge in [0.15, 0.2) is 0 Å². The maximum absolute atomic E-state index is 11.0. The molecule has 1 atom stereocenters. The molecule has 0 radical (unpaired) electrons. The Kier molecular flexibility index (Phi) is 9.28. The molecule has 2 rings (SSSR count). The monoisotopic (exact) mass is 495 g/mol. The fourth-order valence-electron chi connectivity index (χ4n) is 1.90. The summed E-state index contributed by atoms with van der Waals surface area (Å²) < 4.78 is 0. The second-order valence-electron chi connectivity index (χ2n) is 3.96. The van der Waals surface area contributed by atoms with Crippen LogP contribution in [0.5, 0.6) is 0 Å². The van der Waals surface area contributed by atoms with Crippen LogP contribution in [-0.4, -0.2) is 23.1 Å². The number of nitrogens with one attached hydrogen (secondary N) is 3. The maximum Gasteiger partial charge on any atom is 2.00 e. The Hall–Kier alpha value is -1.05. The van der Waals surface area contributed by atoms with Gasteiger partial charge in [-0.25, -0.2) is 0 Å². The van der Waals surface area contributed by atoms with Crippen LogP contribution < -0.4 is 5.32 Å². The van der Waals surface area contributed by atoms with Gasteiger partial charge in [-0.05, 0) is 18.1 Å². The minimum atomic E-state index is -0.369. The number of aromatic amines is 1. The molecular weight excluding hydrogens is 476 g/mol. The number of H-pyrrole nitrogens is 1. The minimum Gasteiger partial charge on any atom is -0.517 e. The normalized spacial score (nSPS) is 10.8. The van der Waals surface area contributed by atoms with E-state index in [2.05, 4.69) is 23.4 Å². The van der Waals surface area contributed by atoms with Crippen molar-refractivity contribution < 1.29 is 35.9 Å². The van der Waals surface area contributed by atoms with Gasteiger partial charge in [0.1, 0.15) is 0 Å². The predicted octanol–water partition coefficient (Wildman–Crippen LogP) is 2.58. The van der Waals surface area contributed by atoms with E-state index in [1.165, 1.54) is 6.92 Å². The third-order valence-electron chi connectivity index (χ3n) is 2.65. The molecule has 0 saturated heterocycles. The van der Waals surface area contributed by atoms with Gasteiger partial charge >= 0.3 is 31.1 Å². The molecule has 5 heteroatoms. The first-order chi connectivity index (χ1) is 9.20. The zero-order valence-corrected chi connectivity index (χ0v) is 16.0. The number of rotatable bonds is 4. The molecule has 1 aromatic carbocycles. The third-order valence-corrected chi connectivity index (χ3v) is 2.65. The summed E-state index contributed by atoms with van der Waals surface area (Å²) in [6, 6.07) is 7.60. The number of benzene rings is 1. The largest absolute Gasteiger partial charge is 2.00 e. The number of para-hydroxylation sites is 1. The molecule has 1 heterocycles. The van der Waals surface area contributed by atoms with Gasteiger partial charge in [-0.2, -0.15) is 6.92 Å². The van der Waals surface area contributed by atoms with E-state index in [-0.39, 0.29) is 43.1 Å². The fourth-order valence-corrected chi connectivity index (χ4v) is 1.90. The molecule has 0 aliphatic rings.